The topological polar surface area (TPSA) is 88.8 Å². The zero-order chi connectivity index (χ0) is 19.7. The van der Waals surface area contributed by atoms with Gasteiger partial charge in [-0.1, -0.05) is 12.1 Å². The van der Waals surface area contributed by atoms with E-state index in [2.05, 4.69) is 15.1 Å². The Morgan fingerprint density at radius 1 is 1.14 bits per heavy atom. The summed E-state index contributed by atoms with van der Waals surface area (Å²) < 4.78 is 38.7. The molecule has 0 amide bonds. The molecule has 28 heavy (non-hydrogen) atoms. The molecule has 3 heterocycles. The van der Waals surface area contributed by atoms with E-state index in [1.165, 1.54) is 15.6 Å². The molecule has 10 heteroatoms. The van der Waals surface area contributed by atoms with Crippen LogP contribution >= 0.6 is 11.3 Å². The van der Waals surface area contributed by atoms with Crippen LogP contribution < -0.4 is 9.64 Å². The molecule has 0 aliphatic carbocycles. The van der Waals surface area contributed by atoms with Gasteiger partial charge in [0.2, 0.25) is 11.8 Å². The summed E-state index contributed by atoms with van der Waals surface area (Å²) in [5.41, 5.74) is 1.60. The number of methoxy groups -OCH3 is 1. The van der Waals surface area contributed by atoms with E-state index in [4.69, 9.17) is 9.15 Å². The van der Waals surface area contributed by atoms with Gasteiger partial charge in [0.05, 0.1) is 18.4 Å². The van der Waals surface area contributed by atoms with Gasteiger partial charge in [-0.25, -0.2) is 8.42 Å². The van der Waals surface area contributed by atoms with Crippen molar-refractivity contribution >= 4 is 27.0 Å². The first kappa shape index (κ1) is 18.9. The van der Waals surface area contributed by atoms with E-state index in [9.17, 15) is 8.42 Å². The van der Waals surface area contributed by atoms with Gasteiger partial charge in [0.1, 0.15) is 9.96 Å². The van der Waals surface area contributed by atoms with E-state index in [-0.39, 0.29) is 4.21 Å². The van der Waals surface area contributed by atoms with Crippen molar-refractivity contribution < 1.29 is 17.6 Å². The fourth-order valence-corrected chi connectivity index (χ4v) is 5.89. The van der Waals surface area contributed by atoms with E-state index in [1.807, 2.05) is 24.3 Å². The van der Waals surface area contributed by atoms with Crippen LogP contribution in [0.15, 0.2) is 44.3 Å². The molecule has 148 valence electrons. The molecule has 0 radical (unpaired) electrons. The van der Waals surface area contributed by atoms with Crippen LogP contribution in [0.1, 0.15) is 5.89 Å². The van der Waals surface area contributed by atoms with Crippen LogP contribution in [0.3, 0.4) is 0 Å². The Hall–Kier alpha value is -2.43. The van der Waals surface area contributed by atoms with Gasteiger partial charge in [-0.2, -0.15) is 4.31 Å². The molecule has 2 aromatic heterocycles. The molecule has 1 aromatic carbocycles. The number of piperazine rings is 1. The zero-order valence-electron chi connectivity index (χ0n) is 15.5. The monoisotopic (exact) mass is 420 g/mol. The van der Waals surface area contributed by atoms with Crippen LogP contribution in [-0.2, 0) is 10.0 Å². The molecule has 1 aliphatic rings. The van der Waals surface area contributed by atoms with Gasteiger partial charge in [-0.05, 0) is 18.2 Å². The van der Waals surface area contributed by atoms with Crippen molar-refractivity contribution in [2.45, 2.75) is 11.1 Å². The maximum absolute atomic E-state index is 13.0. The first-order valence-electron chi connectivity index (χ1n) is 8.76. The van der Waals surface area contributed by atoms with Crippen molar-refractivity contribution in [3.05, 3.63) is 41.6 Å². The highest BCUT2D eigenvalue weighted by Gasteiger charge is 2.31. The standard InChI is InChI=1S/C18H20N4O4S2/c1-13-19-20-18(26-13)14-11-17(27-12-14)28(23,24)22-9-7-21(8-10-22)15-5-3-4-6-16(15)25-2/h3-6,11-12H,7-10H2,1-2H3. The smallest absolute Gasteiger partial charge is 0.252 e. The summed E-state index contributed by atoms with van der Waals surface area (Å²) in [6.45, 7) is 3.71. The second kappa shape index (κ2) is 7.53. The molecule has 0 N–H and O–H groups in total. The lowest BCUT2D eigenvalue weighted by Crippen LogP contribution is -2.48. The van der Waals surface area contributed by atoms with Gasteiger partial charge in [-0.3, -0.25) is 0 Å². The number of hydrogen-bond donors (Lipinski definition) is 0. The van der Waals surface area contributed by atoms with E-state index in [1.54, 1.807) is 25.5 Å². The number of aromatic nitrogens is 2. The van der Waals surface area contributed by atoms with Crippen molar-refractivity contribution in [3.8, 4) is 17.2 Å². The van der Waals surface area contributed by atoms with Crippen molar-refractivity contribution in [1.82, 2.24) is 14.5 Å². The number of thiophene rings is 1. The zero-order valence-corrected chi connectivity index (χ0v) is 17.2. The SMILES string of the molecule is COc1ccccc1N1CCN(S(=O)(=O)c2cc(-c3nnc(C)o3)cs2)CC1. The Morgan fingerprint density at radius 2 is 1.89 bits per heavy atom. The summed E-state index contributed by atoms with van der Waals surface area (Å²) in [5.74, 6) is 1.56. The molecule has 4 rings (SSSR count). The minimum Gasteiger partial charge on any atom is -0.495 e. The van der Waals surface area contributed by atoms with Crippen molar-refractivity contribution in [2.24, 2.45) is 0 Å². The maximum atomic E-state index is 13.0. The number of para-hydroxylation sites is 2. The third kappa shape index (κ3) is 3.50. The Kier molecular flexibility index (Phi) is 5.09. The normalized spacial score (nSPS) is 15.7. The molecule has 1 aliphatic heterocycles. The molecular formula is C18H20N4O4S2. The lowest BCUT2D eigenvalue weighted by molar-refractivity contribution is 0.379. The first-order valence-corrected chi connectivity index (χ1v) is 11.1. The van der Waals surface area contributed by atoms with E-state index < -0.39 is 10.0 Å². The number of nitrogens with zero attached hydrogens (tertiary/aromatic N) is 4. The number of rotatable bonds is 5. The lowest BCUT2D eigenvalue weighted by Gasteiger charge is -2.35. The summed E-state index contributed by atoms with van der Waals surface area (Å²) >= 11 is 1.17. The predicted molar refractivity (Wildman–Crippen MR) is 106 cm³/mol. The molecule has 0 saturated carbocycles. The highest BCUT2D eigenvalue weighted by Crippen LogP contribution is 2.32. The highest BCUT2D eigenvalue weighted by atomic mass is 32.2. The number of hydrogen-bond acceptors (Lipinski definition) is 8. The summed E-state index contributed by atoms with van der Waals surface area (Å²) in [6, 6.07) is 9.36. The van der Waals surface area contributed by atoms with Crippen LogP contribution in [0, 0.1) is 6.92 Å². The number of aryl methyl sites for hydroxylation is 1. The average molecular weight is 421 g/mol. The molecular weight excluding hydrogens is 400 g/mol. The molecule has 0 spiro atoms. The largest absolute Gasteiger partial charge is 0.495 e. The van der Waals surface area contributed by atoms with Gasteiger partial charge in [0.15, 0.2) is 0 Å². The third-order valence-electron chi connectivity index (χ3n) is 4.61. The molecule has 0 unspecified atom stereocenters. The van der Waals surface area contributed by atoms with Crippen LogP contribution in [0.5, 0.6) is 5.75 Å². The molecule has 0 bridgehead atoms. The highest BCUT2D eigenvalue weighted by molar-refractivity contribution is 7.91. The van der Waals surface area contributed by atoms with Gasteiger partial charge in [0.25, 0.3) is 10.0 Å². The van der Waals surface area contributed by atoms with Gasteiger partial charge >= 0.3 is 0 Å². The summed E-state index contributed by atoms with van der Waals surface area (Å²) in [5, 5.41) is 9.46. The number of benzene rings is 1. The average Bonchev–Trinajstić information content (AvgIpc) is 3.37. The Morgan fingerprint density at radius 3 is 2.57 bits per heavy atom. The minimum absolute atomic E-state index is 0.282. The molecule has 8 nitrogen and oxygen atoms in total. The second-order valence-corrected chi connectivity index (χ2v) is 9.42. The van der Waals surface area contributed by atoms with Crippen LogP contribution in [0.25, 0.3) is 11.5 Å². The minimum atomic E-state index is -3.56. The molecule has 1 saturated heterocycles. The van der Waals surface area contributed by atoms with Gasteiger partial charge < -0.3 is 14.1 Å². The number of ether oxygens (including phenoxy) is 1. The third-order valence-corrected chi connectivity index (χ3v) is 7.92. The predicted octanol–water partition coefficient (Wildman–Crippen LogP) is 2.63. The van der Waals surface area contributed by atoms with E-state index in [0.717, 1.165) is 11.4 Å². The van der Waals surface area contributed by atoms with Crippen LogP contribution in [-0.4, -0.2) is 56.2 Å². The first-order chi connectivity index (χ1) is 13.5. The molecule has 1 fully saturated rings. The number of anilines is 1. The quantitative estimate of drug-likeness (QED) is 0.627. The van der Waals surface area contributed by atoms with E-state index >= 15 is 0 Å². The molecule has 3 aromatic rings. The van der Waals surface area contributed by atoms with Gasteiger partial charge in [-0.15, -0.1) is 21.5 Å². The Bertz CT molecular complexity index is 1070. The Balaban J connectivity index is 1.49. The van der Waals surface area contributed by atoms with E-state index in [0.29, 0.717) is 43.5 Å². The lowest BCUT2D eigenvalue weighted by atomic mass is 10.2. The summed E-state index contributed by atoms with van der Waals surface area (Å²) in [6.07, 6.45) is 0. The van der Waals surface area contributed by atoms with Crippen molar-refractivity contribution in [3.63, 3.8) is 0 Å². The second-order valence-electron chi connectivity index (χ2n) is 6.34. The van der Waals surface area contributed by atoms with Crippen LogP contribution in [0.2, 0.25) is 0 Å². The summed E-state index contributed by atoms with van der Waals surface area (Å²) in [7, 11) is -1.92. The fraction of sp³-hybridized carbons (Fsp3) is 0.333. The Labute approximate surface area is 167 Å². The molecule has 0 atom stereocenters. The maximum Gasteiger partial charge on any atom is 0.252 e. The number of sulfonamides is 1. The summed E-state index contributed by atoms with van der Waals surface area (Å²) in [4.78, 5) is 2.14. The van der Waals surface area contributed by atoms with Crippen LogP contribution in [0.4, 0.5) is 5.69 Å². The van der Waals surface area contributed by atoms with Gasteiger partial charge in [0, 0.05) is 38.5 Å². The fourth-order valence-electron chi connectivity index (χ4n) is 3.16. The van der Waals surface area contributed by atoms with Crippen molar-refractivity contribution in [2.75, 3.05) is 38.2 Å². The van der Waals surface area contributed by atoms with Crippen molar-refractivity contribution in [1.29, 1.82) is 0 Å².